The molecule has 16 heavy (non-hydrogen) atoms. The van der Waals surface area contributed by atoms with E-state index in [2.05, 4.69) is 15.9 Å². The summed E-state index contributed by atoms with van der Waals surface area (Å²) in [6.07, 6.45) is 0. The lowest BCUT2D eigenvalue weighted by atomic mass is 10.1. The Morgan fingerprint density at radius 1 is 1.50 bits per heavy atom. The van der Waals surface area contributed by atoms with Crippen molar-refractivity contribution in [3.63, 3.8) is 0 Å². The quantitative estimate of drug-likeness (QED) is 0.827. The van der Waals surface area contributed by atoms with Gasteiger partial charge in [-0.25, -0.2) is 0 Å². The Hall–Kier alpha value is -0.920. The van der Waals surface area contributed by atoms with Gasteiger partial charge in [0.1, 0.15) is 5.25 Å². The molecule has 1 amide bonds. The van der Waals surface area contributed by atoms with Gasteiger partial charge >= 0.3 is 0 Å². The van der Waals surface area contributed by atoms with Crippen LogP contribution in [0.15, 0.2) is 22.7 Å². The highest BCUT2D eigenvalue weighted by molar-refractivity contribution is 9.10. The molecule has 0 spiro atoms. The Morgan fingerprint density at radius 3 is 2.44 bits per heavy atom. The van der Waals surface area contributed by atoms with Gasteiger partial charge in [-0.2, -0.15) is 8.42 Å². The SMILES string of the molecule is CC(c1ccc(C(N)=O)cc1Br)S(=O)(=O)O. The fourth-order valence-corrected chi connectivity index (χ4v) is 2.57. The van der Waals surface area contributed by atoms with E-state index in [1.165, 1.54) is 25.1 Å². The van der Waals surface area contributed by atoms with Crippen molar-refractivity contribution >= 4 is 32.0 Å². The summed E-state index contributed by atoms with van der Waals surface area (Å²) in [4.78, 5) is 10.9. The van der Waals surface area contributed by atoms with Crippen LogP contribution < -0.4 is 5.73 Å². The van der Waals surface area contributed by atoms with Crippen LogP contribution in [0.3, 0.4) is 0 Å². The lowest BCUT2D eigenvalue weighted by Crippen LogP contribution is -2.13. The highest BCUT2D eigenvalue weighted by atomic mass is 79.9. The van der Waals surface area contributed by atoms with Crippen LogP contribution in [-0.2, 0) is 10.1 Å². The van der Waals surface area contributed by atoms with E-state index in [0.29, 0.717) is 10.0 Å². The molecule has 0 aliphatic rings. The average molecular weight is 308 g/mol. The molecule has 0 saturated heterocycles. The summed E-state index contributed by atoms with van der Waals surface area (Å²) in [6, 6.07) is 4.26. The molecule has 0 heterocycles. The first kappa shape index (κ1) is 13.1. The number of primary amides is 1. The lowest BCUT2D eigenvalue weighted by Gasteiger charge is -2.11. The number of hydrogen-bond acceptors (Lipinski definition) is 3. The van der Waals surface area contributed by atoms with Gasteiger partial charge in [0.05, 0.1) is 0 Å². The lowest BCUT2D eigenvalue weighted by molar-refractivity contribution is 0.1000. The van der Waals surface area contributed by atoms with E-state index in [4.69, 9.17) is 10.3 Å². The Morgan fingerprint density at radius 2 is 2.06 bits per heavy atom. The number of nitrogens with two attached hydrogens (primary N) is 1. The molecule has 0 aliphatic heterocycles. The molecular weight excluding hydrogens is 298 g/mol. The minimum atomic E-state index is -4.16. The third-order valence-corrected chi connectivity index (χ3v) is 4.00. The van der Waals surface area contributed by atoms with Crippen molar-refractivity contribution in [1.29, 1.82) is 0 Å². The summed E-state index contributed by atoms with van der Waals surface area (Å²) < 4.78 is 31.2. The highest BCUT2D eigenvalue weighted by Crippen LogP contribution is 2.28. The molecule has 88 valence electrons. The fraction of sp³-hybridized carbons (Fsp3) is 0.222. The Bertz CT molecular complexity index is 526. The zero-order chi connectivity index (χ0) is 12.5. The van der Waals surface area contributed by atoms with Crippen molar-refractivity contribution in [2.75, 3.05) is 0 Å². The van der Waals surface area contributed by atoms with Gasteiger partial charge in [-0.05, 0) is 24.6 Å². The molecule has 1 unspecified atom stereocenters. The summed E-state index contributed by atoms with van der Waals surface area (Å²) in [5, 5.41) is -1.07. The fourth-order valence-electron chi connectivity index (χ4n) is 1.17. The average Bonchev–Trinajstić information content (AvgIpc) is 2.15. The molecule has 1 rings (SSSR count). The van der Waals surface area contributed by atoms with Crippen LogP contribution in [-0.4, -0.2) is 18.9 Å². The maximum absolute atomic E-state index is 10.9. The molecule has 1 aromatic carbocycles. The van der Waals surface area contributed by atoms with Crippen LogP contribution in [0.2, 0.25) is 0 Å². The molecule has 7 heteroatoms. The summed E-state index contributed by atoms with van der Waals surface area (Å²) >= 11 is 3.13. The van der Waals surface area contributed by atoms with Crippen LogP contribution in [0.25, 0.3) is 0 Å². The molecule has 0 bridgehead atoms. The molecule has 0 fully saturated rings. The number of hydrogen-bond donors (Lipinski definition) is 2. The summed E-state index contributed by atoms with van der Waals surface area (Å²) in [5.74, 6) is -0.605. The Kier molecular flexibility index (Phi) is 3.72. The topological polar surface area (TPSA) is 97.5 Å². The molecule has 5 nitrogen and oxygen atoms in total. The molecule has 0 radical (unpaired) electrons. The van der Waals surface area contributed by atoms with E-state index in [-0.39, 0.29) is 5.56 Å². The Balaban J connectivity index is 3.24. The van der Waals surface area contributed by atoms with Gasteiger partial charge in [-0.1, -0.05) is 22.0 Å². The van der Waals surface area contributed by atoms with E-state index < -0.39 is 21.3 Å². The smallest absolute Gasteiger partial charge is 0.271 e. The summed E-state index contributed by atoms with van der Waals surface area (Å²) in [7, 11) is -4.16. The first-order chi connectivity index (χ1) is 7.23. The van der Waals surface area contributed by atoms with E-state index in [0.717, 1.165) is 0 Å². The van der Waals surface area contributed by atoms with Crippen LogP contribution >= 0.6 is 15.9 Å². The summed E-state index contributed by atoms with van der Waals surface area (Å²) in [6.45, 7) is 1.35. The molecule has 0 saturated carbocycles. The third-order valence-electron chi connectivity index (χ3n) is 2.17. The van der Waals surface area contributed by atoms with E-state index in [9.17, 15) is 13.2 Å². The van der Waals surface area contributed by atoms with Crippen molar-refractivity contribution < 1.29 is 17.8 Å². The number of carbonyl (C=O) groups excluding carboxylic acids is 1. The van der Waals surface area contributed by atoms with Crippen molar-refractivity contribution in [3.05, 3.63) is 33.8 Å². The molecule has 0 aliphatic carbocycles. The van der Waals surface area contributed by atoms with E-state index >= 15 is 0 Å². The van der Waals surface area contributed by atoms with Crippen molar-refractivity contribution in [2.24, 2.45) is 5.73 Å². The first-order valence-corrected chi connectivity index (χ1v) is 6.58. The van der Waals surface area contributed by atoms with Crippen molar-refractivity contribution in [3.8, 4) is 0 Å². The van der Waals surface area contributed by atoms with Crippen LogP contribution in [0, 0.1) is 0 Å². The van der Waals surface area contributed by atoms with Gasteiger partial charge in [-0.15, -0.1) is 0 Å². The largest absolute Gasteiger partial charge is 0.366 e. The molecule has 3 N–H and O–H groups in total. The number of benzene rings is 1. The van der Waals surface area contributed by atoms with Crippen molar-refractivity contribution in [2.45, 2.75) is 12.2 Å². The third kappa shape index (κ3) is 2.81. The zero-order valence-electron chi connectivity index (χ0n) is 8.34. The molecule has 0 aromatic heterocycles. The second-order valence-corrected chi connectivity index (χ2v) is 5.85. The maximum Gasteiger partial charge on any atom is 0.271 e. The normalized spacial score (nSPS) is 13.4. The molecule has 1 aromatic rings. The van der Waals surface area contributed by atoms with Gasteiger partial charge in [0.15, 0.2) is 0 Å². The maximum atomic E-state index is 10.9. The summed E-state index contributed by atoms with van der Waals surface area (Å²) in [5.41, 5.74) is 5.70. The van der Waals surface area contributed by atoms with Crippen LogP contribution in [0.1, 0.15) is 28.1 Å². The second kappa shape index (κ2) is 4.52. The van der Waals surface area contributed by atoms with Gasteiger partial charge in [-0.3, -0.25) is 9.35 Å². The monoisotopic (exact) mass is 307 g/mol. The van der Waals surface area contributed by atoms with Crippen LogP contribution in [0.4, 0.5) is 0 Å². The number of carbonyl (C=O) groups is 1. The minimum Gasteiger partial charge on any atom is -0.366 e. The van der Waals surface area contributed by atoms with Crippen LogP contribution in [0.5, 0.6) is 0 Å². The van der Waals surface area contributed by atoms with Gasteiger partial charge in [0.25, 0.3) is 10.1 Å². The van der Waals surface area contributed by atoms with Crippen molar-refractivity contribution in [1.82, 2.24) is 0 Å². The van der Waals surface area contributed by atoms with E-state index in [1.807, 2.05) is 0 Å². The number of amides is 1. The van der Waals surface area contributed by atoms with Gasteiger partial charge in [0.2, 0.25) is 5.91 Å². The minimum absolute atomic E-state index is 0.262. The molecule has 1 atom stereocenters. The number of rotatable bonds is 3. The van der Waals surface area contributed by atoms with E-state index in [1.54, 1.807) is 0 Å². The zero-order valence-corrected chi connectivity index (χ0v) is 10.7. The predicted molar refractivity (Wildman–Crippen MR) is 62.6 cm³/mol. The predicted octanol–water partition coefficient (Wildman–Crippen LogP) is 1.50. The Labute approximate surface area is 102 Å². The standard InChI is InChI=1S/C9H10BrNO4S/c1-5(16(13,14)15)7-3-2-6(9(11)12)4-8(7)10/h2-5H,1H3,(H2,11,12)(H,13,14,15). The molecular formula is C9H10BrNO4S. The number of halogens is 1. The van der Waals surface area contributed by atoms with Gasteiger partial charge < -0.3 is 5.73 Å². The second-order valence-electron chi connectivity index (χ2n) is 3.26. The highest BCUT2D eigenvalue weighted by Gasteiger charge is 2.22. The first-order valence-electron chi connectivity index (χ1n) is 4.29. The van der Waals surface area contributed by atoms with Gasteiger partial charge in [0, 0.05) is 10.0 Å².